The Balaban J connectivity index is 1.42. The number of anilines is 2. The van der Waals surface area contributed by atoms with Crippen LogP contribution < -0.4 is 15.1 Å². The van der Waals surface area contributed by atoms with Gasteiger partial charge in [-0.2, -0.15) is 0 Å². The lowest BCUT2D eigenvalue weighted by Crippen LogP contribution is -2.38. The Bertz CT molecular complexity index is 1460. The molecule has 2 aromatic carbocycles. The van der Waals surface area contributed by atoms with Gasteiger partial charge in [0, 0.05) is 47.0 Å². The molecule has 2 aliphatic rings. The minimum atomic E-state index is -0.136. The van der Waals surface area contributed by atoms with Crippen molar-refractivity contribution < 1.29 is 0 Å². The van der Waals surface area contributed by atoms with Crippen LogP contribution in [0.2, 0.25) is 5.02 Å². The molecule has 200 valence electrons. The molecule has 4 atom stereocenters. The first-order chi connectivity index (χ1) is 18.9. The second-order valence-corrected chi connectivity index (χ2v) is 12.5. The van der Waals surface area contributed by atoms with Crippen molar-refractivity contribution in [3.63, 3.8) is 0 Å². The maximum atomic E-state index is 7.00. The average Bonchev–Trinajstić information content (AvgIpc) is 3.53. The van der Waals surface area contributed by atoms with E-state index in [9.17, 15) is 0 Å². The molecule has 1 N–H and O–H groups in total. The zero-order valence-corrected chi connectivity index (χ0v) is 25.1. The van der Waals surface area contributed by atoms with Crippen molar-refractivity contribution in [3.05, 3.63) is 106 Å². The quantitative estimate of drug-likeness (QED) is 0.229. The van der Waals surface area contributed by atoms with Crippen LogP contribution in [0.1, 0.15) is 43.7 Å². The topological polar surface area (TPSA) is 36.3 Å². The number of benzene rings is 2. The monoisotopic (exact) mass is 619 g/mol. The van der Waals surface area contributed by atoms with E-state index in [0.717, 1.165) is 51.0 Å². The van der Waals surface area contributed by atoms with Gasteiger partial charge in [0.25, 0.3) is 0 Å². The van der Waals surface area contributed by atoms with Crippen molar-refractivity contribution in [2.45, 2.75) is 32.4 Å². The predicted octanol–water partition coefficient (Wildman–Crippen LogP) is 7.95. The van der Waals surface area contributed by atoms with E-state index in [1.807, 2.05) is 18.3 Å². The van der Waals surface area contributed by atoms with E-state index in [2.05, 4.69) is 116 Å². The number of hydrogen-bond donors (Lipinski definition) is 1. The van der Waals surface area contributed by atoms with Crippen LogP contribution in [-0.4, -0.2) is 27.8 Å². The molecule has 5 nitrogen and oxygen atoms in total. The molecule has 4 heterocycles. The van der Waals surface area contributed by atoms with E-state index in [-0.39, 0.29) is 12.1 Å². The van der Waals surface area contributed by atoms with Crippen molar-refractivity contribution in [2.24, 2.45) is 11.8 Å². The van der Waals surface area contributed by atoms with Gasteiger partial charge in [-0.3, -0.25) is 4.98 Å². The third-order valence-electron chi connectivity index (χ3n) is 7.71. The Kier molecular flexibility index (Phi) is 7.40. The van der Waals surface area contributed by atoms with E-state index >= 15 is 0 Å². The van der Waals surface area contributed by atoms with E-state index in [1.165, 1.54) is 6.42 Å². The highest BCUT2D eigenvalue weighted by Crippen LogP contribution is 2.44. The summed E-state index contributed by atoms with van der Waals surface area (Å²) in [6.45, 7) is 6.70. The van der Waals surface area contributed by atoms with Crippen LogP contribution >= 0.6 is 39.7 Å². The number of hydrogen-bond acceptors (Lipinski definition) is 3. The number of nitrogens with one attached hydrogen (secondary N) is 1. The maximum absolute atomic E-state index is 7.00. The maximum Gasteiger partial charge on any atom is 0.174 e. The molecule has 2 saturated heterocycles. The van der Waals surface area contributed by atoms with E-state index in [0.29, 0.717) is 16.9 Å². The lowest BCUT2D eigenvalue weighted by atomic mass is 9.91. The van der Waals surface area contributed by atoms with Gasteiger partial charge < -0.3 is 19.7 Å². The molecule has 0 saturated carbocycles. The van der Waals surface area contributed by atoms with Crippen LogP contribution in [0.5, 0.6) is 0 Å². The van der Waals surface area contributed by atoms with Gasteiger partial charge in [0.1, 0.15) is 6.04 Å². The molecule has 2 fully saturated rings. The lowest BCUT2D eigenvalue weighted by Gasteiger charge is -2.37. The number of thiocarbonyl (C=S) groups is 1. The SMILES string of the molecule is C[C@H]1C[C@H](C)CN(c2ccc(N3C(=S)N[C@@H](c4ccccn4)[C@@H]3c3cccn3-c3ccc(Br)cc3)cc2Cl)C1. The second kappa shape index (κ2) is 11.0. The summed E-state index contributed by atoms with van der Waals surface area (Å²) in [4.78, 5) is 9.33. The molecule has 8 heteroatoms. The van der Waals surface area contributed by atoms with Crippen molar-refractivity contribution >= 4 is 56.2 Å². The lowest BCUT2D eigenvalue weighted by molar-refractivity contribution is 0.357. The first-order valence-corrected chi connectivity index (χ1v) is 15.0. The van der Waals surface area contributed by atoms with Gasteiger partial charge in [-0.1, -0.05) is 47.4 Å². The highest BCUT2D eigenvalue weighted by atomic mass is 79.9. The van der Waals surface area contributed by atoms with Crippen molar-refractivity contribution in [1.29, 1.82) is 0 Å². The number of nitrogens with zero attached hydrogens (tertiary/aromatic N) is 4. The molecule has 6 rings (SSSR count). The van der Waals surface area contributed by atoms with Crippen LogP contribution in [0, 0.1) is 11.8 Å². The fraction of sp³-hybridized carbons (Fsp3) is 0.290. The molecule has 0 bridgehead atoms. The third-order valence-corrected chi connectivity index (χ3v) is 8.85. The summed E-state index contributed by atoms with van der Waals surface area (Å²) >= 11 is 16.5. The minimum Gasteiger partial charge on any atom is -0.370 e. The largest absolute Gasteiger partial charge is 0.370 e. The van der Waals surface area contributed by atoms with Crippen LogP contribution in [0.4, 0.5) is 11.4 Å². The predicted molar refractivity (Wildman–Crippen MR) is 168 cm³/mol. The summed E-state index contributed by atoms with van der Waals surface area (Å²) in [5.74, 6) is 1.30. The molecule has 2 aliphatic heterocycles. The Morgan fingerprint density at radius 1 is 0.949 bits per heavy atom. The first-order valence-electron chi connectivity index (χ1n) is 13.4. The number of rotatable bonds is 5. The van der Waals surface area contributed by atoms with Crippen LogP contribution in [-0.2, 0) is 0 Å². The van der Waals surface area contributed by atoms with Crippen molar-refractivity contribution in [1.82, 2.24) is 14.9 Å². The van der Waals surface area contributed by atoms with Crippen LogP contribution in [0.3, 0.4) is 0 Å². The molecule has 4 aromatic rings. The zero-order valence-electron chi connectivity index (χ0n) is 22.0. The fourth-order valence-corrected chi connectivity index (χ4v) is 7.07. The summed E-state index contributed by atoms with van der Waals surface area (Å²) in [5, 5.41) is 4.98. The second-order valence-electron chi connectivity index (χ2n) is 10.8. The van der Waals surface area contributed by atoms with Crippen LogP contribution in [0.25, 0.3) is 5.69 Å². The highest BCUT2D eigenvalue weighted by molar-refractivity contribution is 9.10. The molecule has 2 aromatic heterocycles. The van der Waals surface area contributed by atoms with Gasteiger partial charge in [0.2, 0.25) is 0 Å². The number of aromatic nitrogens is 2. The number of halogens is 2. The Labute approximate surface area is 248 Å². The van der Waals surface area contributed by atoms with Gasteiger partial charge >= 0.3 is 0 Å². The molecule has 0 unspecified atom stereocenters. The summed E-state index contributed by atoms with van der Waals surface area (Å²) in [5.41, 5.74) is 5.19. The zero-order chi connectivity index (χ0) is 27.1. The molecule has 0 spiro atoms. The summed E-state index contributed by atoms with van der Waals surface area (Å²) in [7, 11) is 0. The normalized spacial score (nSPS) is 23.2. The Hall–Kier alpha value is -2.87. The van der Waals surface area contributed by atoms with E-state index < -0.39 is 0 Å². The van der Waals surface area contributed by atoms with E-state index in [1.54, 1.807) is 0 Å². The van der Waals surface area contributed by atoms with E-state index in [4.69, 9.17) is 28.8 Å². The molecule has 39 heavy (non-hydrogen) atoms. The summed E-state index contributed by atoms with van der Waals surface area (Å²) in [6, 6.07) is 24.7. The van der Waals surface area contributed by atoms with Gasteiger partial charge in [-0.05, 0) is 97.2 Å². The smallest absolute Gasteiger partial charge is 0.174 e. The minimum absolute atomic E-state index is 0.134. The Morgan fingerprint density at radius 2 is 1.69 bits per heavy atom. The molecule has 0 radical (unpaired) electrons. The molecule has 0 aliphatic carbocycles. The average molecular weight is 621 g/mol. The molecular formula is C31H31BrClN5S. The molecular weight excluding hydrogens is 590 g/mol. The summed E-state index contributed by atoms with van der Waals surface area (Å²) in [6.07, 6.45) is 5.19. The van der Waals surface area contributed by atoms with Gasteiger partial charge in [-0.15, -0.1) is 0 Å². The Morgan fingerprint density at radius 3 is 2.38 bits per heavy atom. The summed E-state index contributed by atoms with van der Waals surface area (Å²) < 4.78 is 3.27. The van der Waals surface area contributed by atoms with Gasteiger partial charge in [-0.25, -0.2) is 0 Å². The number of piperidine rings is 1. The third kappa shape index (κ3) is 5.20. The van der Waals surface area contributed by atoms with Crippen LogP contribution in [0.15, 0.2) is 89.7 Å². The number of pyridine rings is 1. The molecule has 0 amide bonds. The van der Waals surface area contributed by atoms with Crippen molar-refractivity contribution in [3.8, 4) is 5.69 Å². The standard InChI is InChI=1S/C31H31BrClN5S/c1-20-16-21(2)19-36(18-20)27-13-12-24(17-25(27)33)38-30(29(35-31(38)39)26-6-3-4-14-34-26)28-7-5-15-37(28)23-10-8-22(32)9-11-23/h3-15,17,20-21,29-30H,16,18-19H2,1-2H3,(H,35,39)/t20-,21-,29-,30-/m0/s1. The van der Waals surface area contributed by atoms with Crippen molar-refractivity contribution in [2.75, 3.05) is 22.9 Å². The van der Waals surface area contributed by atoms with Gasteiger partial charge in [0.05, 0.1) is 22.4 Å². The highest BCUT2D eigenvalue weighted by Gasteiger charge is 2.42. The first kappa shape index (κ1) is 26.4. The van der Waals surface area contributed by atoms with Gasteiger partial charge in [0.15, 0.2) is 5.11 Å². The fourth-order valence-electron chi connectivity index (χ4n) is 6.17.